The second-order valence-corrected chi connectivity index (χ2v) is 6.07. The number of nitrogens with zero attached hydrogens (tertiary/aromatic N) is 1. The summed E-state index contributed by atoms with van der Waals surface area (Å²) < 4.78 is 5.45. The van der Waals surface area contributed by atoms with Gasteiger partial charge in [-0.2, -0.15) is 0 Å². The predicted octanol–water partition coefficient (Wildman–Crippen LogP) is 2.82. The van der Waals surface area contributed by atoms with E-state index >= 15 is 0 Å². The van der Waals surface area contributed by atoms with Crippen molar-refractivity contribution in [1.29, 1.82) is 0 Å². The van der Waals surface area contributed by atoms with Crippen LogP contribution in [0.25, 0.3) is 0 Å². The number of nitrogens with one attached hydrogen (secondary N) is 1. The molecule has 3 nitrogen and oxygen atoms in total. The smallest absolute Gasteiger partial charge is 0.105 e. The summed E-state index contributed by atoms with van der Waals surface area (Å²) in [6.45, 7) is 4.60. The molecule has 2 aliphatic rings. The molecule has 0 amide bonds. The summed E-state index contributed by atoms with van der Waals surface area (Å²) >= 11 is 0. The lowest BCUT2D eigenvalue weighted by atomic mass is 9.97. The van der Waals surface area contributed by atoms with E-state index < -0.39 is 0 Å². The number of hydrogen-bond acceptors (Lipinski definition) is 3. The Bertz CT molecular complexity index is 362. The van der Waals surface area contributed by atoms with Crippen LogP contribution in [0.5, 0.6) is 0 Å². The molecule has 0 saturated carbocycles. The molecule has 3 heteroatoms. The largest absolute Gasteiger partial charge is 0.469 e. The molecular weight excluding hydrogens is 236 g/mol. The van der Waals surface area contributed by atoms with Crippen LogP contribution >= 0.6 is 0 Å². The van der Waals surface area contributed by atoms with Crippen molar-refractivity contribution >= 4 is 0 Å². The van der Waals surface area contributed by atoms with Gasteiger partial charge in [0.15, 0.2) is 0 Å². The van der Waals surface area contributed by atoms with Gasteiger partial charge in [-0.1, -0.05) is 6.92 Å². The van der Waals surface area contributed by atoms with E-state index in [0.29, 0.717) is 0 Å². The second-order valence-electron chi connectivity index (χ2n) is 6.07. The first-order chi connectivity index (χ1) is 9.36. The average Bonchev–Trinajstić information content (AvgIpc) is 3.01. The van der Waals surface area contributed by atoms with Crippen LogP contribution < -0.4 is 5.32 Å². The molecule has 3 rings (SSSR count). The summed E-state index contributed by atoms with van der Waals surface area (Å²) in [7, 11) is 0. The van der Waals surface area contributed by atoms with Gasteiger partial charge in [0.25, 0.3) is 0 Å². The van der Waals surface area contributed by atoms with Gasteiger partial charge in [-0.25, -0.2) is 0 Å². The maximum absolute atomic E-state index is 5.45. The summed E-state index contributed by atoms with van der Waals surface area (Å²) in [4.78, 5) is 2.74. The summed E-state index contributed by atoms with van der Waals surface area (Å²) in [5.74, 6) is 1.13. The quantitative estimate of drug-likeness (QED) is 0.854. The van der Waals surface area contributed by atoms with Gasteiger partial charge in [-0.05, 0) is 50.8 Å². The summed E-state index contributed by atoms with van der Waals surface area (Å²) in [6.07, 6.45) is 9.56. The van der Waals surface area contributed by atoms with E-state index in [0.717, 1.165) is 30.3 Å². The van der Waals surface area contributed by atoms with E-state index in [4.69, 9.17) is 4.42 Å². The van der Waals surface area contributed by atoms with Gasteiger partial charge in [0, 0.05) is 31.1 Å². The lowest BCUT2D eigenvalue weighted by Crippen LogP contribution is -2.49. The lowest BCUT2D eigenvalue weighted by molar-refractivity contribution is 0.116. The highest BCUT2D eigenvalue weighted by Gasteiger charge is 2.39. The van der Waals surface area contributed by atoms with Crippen LogP contribution in [0.4, 0.5) is 0 Å². The molecule has 1 N–H and O–H groups in total. The Balaban J connectivity index is 1.51. The summed E-state index contributed by atoms with van der Waals surface area (Å²) in [6, 6.07) is 6.46. The van der Waals surface area contributed by atoms with Gasteiger partial charge in [0.2, 0.25) is 0 Å². The summed E-state index contributed by atoms with van der Waals surface area (Å²) in [5, 5.41) is 3.72. The maximum Gasteiger partial charge on any atom is 0.105 e. The number of hydrogen-bond donors (Lipinski definition) is 1. The van der Waals surface area contributed by atoms with Gasteiger partial charge in [-0.3, -0.25) is 4.90 Å². The first-order valence-electron chi connectivity index (χ1n) is 7.88. The van der Waals surface area contributed by atoms with Crippen LogP contribution in [0.15, 0.2) is 22.8 Å². The highest BCUT2D eigenvalue weighted by Crippen LogP contribution is 2.35. The van der Waals surface area contributed by atoms with Gasteiger partial charge >= 0.3 is 0 Å². The molecule has 2 aliphatic heterocycles. The van der Waals surface area contributed by atoms with Crippen molar-refractivity contribution in [2.75, 3.05) is 13.1 Å². The number of fused-ring (bicyclic) bond motifs is 2. The van der Waals surface area contributed by atoms with Crippen molar-refractivity contribution in [1.82, 2.24) is 10.2 Å². The van der Waals surface area contributed by atoms with E-state index in [2.05, 4.69) is 23.2 Å². The third kappa shape index (κ3) is 3.03. The van der Waals surface area contributed by atoms with Crippen molar-refractivity contribution in [3.63, 3.8) is 0 Å². The molecule has 0 radical (unpaired) electrons. The first-order valence-corrected chi connectivity index (χ1v) is 7.88. The molecule has 1 aromatic rings. The second kappa shape index (κ2) is 6.10. The Hall–Kier alpha value is -0.800. The Morgan fingerprint density at radius 1 is 1.32 bits per heavy atom. The molecule has 2 saturated heterocycles. The van der Waals surface area contributed by atoms with E-state index in [1.165, 1.54) is 45.2 Å². The first kappa shape index (κ1) is 13.2. The van der Waals surface area contributed by atoms with Gasteiger partial charge in [0.1, 0.15) is 5.76 Å². The minimum atomic E-state index is 0.761. The molecule has 2 atom stereocenters. The van der Waals surface area contributed by atoms with Crippen LogP contribution in [0.3, 0.4) is 0 Å². The Morgan fingerprint density at radius 3 is 2.74 bits per heavy atom. The number of rotatable bonds is 6. The monoisotopic (exact) mass is 262 g/mol. The SMILES string of the molecule is CCCNC1CC2CCC(C1)N2CCc1ccco1. The number of piperidine rings is 1. The zero-order valence-electron chi connectivity index (χ0n) is 12.0. The molecule has 0 aromatic carbocycles. The van der Waals surface area contributed by atoms with Gasteiger partial charge in [0.05, 0.1) is 6.26 Å². The molecule has 3 heterocycles. The average molecular weight is 262 g/mol. The van der Waals surface area contributed by atoms with Crippen LogP contribution in [0.2, 0.25) is 0 Å². The zero-order valence-corrected chi connectivity index (χ0v) is 12.0. The van der Waals surface area contributed by atoms with Crippen LogP contribution in [-0.4, -0.2) is 36.1 Å². The molecule has 2 unspecified atom stereocenters. The minimum absolute atomic E-state index is 0.761. The molecule has 106 valence electrons. The summed E-state index contributed by atoms with van der Waals surface area (Å²) in [5.41, 5.74) is 0. The van der Waals surface area contributed by atoms with E-state index in [1.807, 2.05) is 6.07 Å². The van der Waals surface area contributed by atoms with Crippen LogP contribution in [0, 0.1) is 0 Å². The van der Waals surface area contributed by atoms with Crippen molar-refractivity contribution in [2.45, 2.75) is 63.6 Å². The van der Waals surface area contributed by atoms with E-state index in [9.17, 15) is 0 Å². The Kier molecular flexibility index (Phi) is 4.24. The molecule has 0 spiro atoms. The van der Waals surface area contributed by atoms with E-state index in [-0.39, 0.29) is 0 Å². The van der Waals surface area contributed by atoms with Crippen molar-refractivity contribution in [3.05, 3.63) is 24.2 Å². The van der Waals surface area contributed by atoms with Crippen LogP contribution in [0.1, 0.15) is 44.8 Å². The molecular formula is C16H26N2O. The van der Waals surface area contributed by atoms with Crippen molar-refractivity contribution in [3.8, 4) is 0 Å². The highest BCUT2D eigenvalue weighted by molar-refractivity contribution is 5.02. The standard InChI is InChI=1S/C16H26N2O/c1-2-8-17-13-11-14-5-6-15(12-13)18(14)9-7-16-4-3-10-19-16/h3-4,10,13-15,17H,2,5-9,11-12H2,1H3. The van der Waals surface area contributed by atoms with Crippen molar-refractivity contribution in [2.24, 2.45) is 0 Å². The minimum Gasteiger partial charge on any atom is -0.469 e. The molecule has 0 aliphatic carbocycles. The van der Waals surface area contributed by atoms with Crippen LogP contribution in [-0.2, 0) is 6.42 Å². The predicted molar refractivity (Wildman–Crippen MR) is 77.2 cm³/mol. The van der Waals surface area contributed by atoms with E-state index in [1.54, 1.807) is 6.26 Å². The fraction of sp³-hybridized carbons (Fsp3) is 0.750. The Morgan fingerprint density at radius 2 is 2.11 bits per heavy atom. The fourth-order valence-electron chi connectivity index (χ4n) is 3.85. The molecule has 19 heavy (non-hydrogen) atoms. The topological polar surface area (TPSA) is 28.4 Å². The molecule has 2 bridgehead atoms. The molecule has 1 aromatic heterocycles. The van der Waals surface area contributed by atoms with Crippen molar-refractivity contribution < 1.29 is 4.42 Å². The third-order valence-corrected chi connectivity index (χ3v) is 4.76. The lowest BCUT2D eigenvalue weighted by Gasteiger charge is -2.39. The maximum atomic E-state index is 5.45. The third-order valence-electron chi connectivity index (χ3n) is 4.76. The van der Waals surface area contributed by atoms with Gasteiger partial charge < -0.3 is 9.73 Å². The fourth-order valence-corrected chi connectivity index (χ4v) is 3.85. The number of furan rings is 1. The molecule has 2 fully saturated rings. The normalized spacial score (nSPS) is 30.9. The highest BCUT2D eigenvalue weighted by atomic mass is 16.3. The Labute approximate surface area is 116 Å². The van der Waals surface area contributed by atoms with Gasteiger partial charge in [-0.15, -0.1) is 0 Å². The zero-order chi connectivity index (χ0) is 13.1.